The summed E-state index contributed by atoms with van der Waals surface area (Å²) < 4.78 is 11.0. The van der Waals surface area contributed by atoms with Gasteiger partial charge in [0, 0.05) is 4.91 Å². The van der Waals surface area contributed by atoms with Crippen molar-refractivity contribution >= 4 is 0 Å². The van der Waals surface area contributed by atoms with Gasteiger partial charge in [0.2, 0.25) is 0 Å². The van der Waals surface area contributed by atoms with E-state index in [9.17, 15) is 0 Å². The predicted octanol–water partition coefficient (Wildman–Crippen LogP) is 1.50. The molecule has 0 saturated carbocycles. The second kappa shape index (κ2) is 4.74. The zero-order chi connectivity index (χ0) is 11.4. The van der Waals surface area contributed by atoms with E-state index < -0.39 is 12.1 Å². The van der Waals surface area contributed by atoms with Gasteiger partial charge in [-0.05, 0) is 17.7 Å². The van der Waals surface area contributed by atoms with E-state index in [4.69, 9.17) is 20.1 Å². The van der Waals surface area contributed by atoms with Gasteiger partial charge in [-0.3, -0.25) is 0 Å². The molecule has 0 saturated heterocycles. The molecule has 84 valence electrons. The van der Waals surface area contributed by atoms with Gasteiger partial charge in [-0.15, -0.1) is 0 Å². The van der Waals surface area contributed by atoms with E-state index in [-0.39, 0.29) is 13.2 Å². The second-order valence-corrected chi connectivity index (χ2v) is 3.37. The minimum atomic E-state index is -0.627. The summed E-state index contributed by atoms with van der Waals surface area (Å²) in [6.07, 6.45) is -0.448. The van der Waals surface area contributed by atoms with Crippen molar-refractivity contribution in [2.45, 2.75) is 12.1 Å². The SMILES string of the molecule is [N-]=[N+]=NC(CO)C1COc2ccccc2O1. The van der Waals surface area contributed by atoms with Crippen LogP contribution in [0, 0.1) is 0 Å². The van der Waals surface area contributed by atoms with Crippen LogP contribution in [-0.2, 0) is 0 Å². The highest BCUT2D eigenvalue weighted by atomic mass is 16.6. The number of hydrogen-bond donors (Lipinski definition) is 1. The van der Waals surface area contributed by atoms with Crippen molar-refractivity contribution in [3.8, 4) is 11.5 Å². The fourth-order valence-electron chi connectivity index (χ4n) is 1.52. The Kier molecular flexibility index (Phi) is 3.14. The molecule has 2 unspecified atom stereocenters. The molecule has 0 aliphatic carbocycles. The Bertz CT molecular complexity index is 418. The number of aliphatic hydroxyl groups excluding tert-OH is 1. The first-order valence-corrected chi connectivity index (χ1v) is 4.88. The topological polar surface area (TPSA) is 87.5 Å². The van der Waals surface area contributed by atoms with E-state index in [1.165, 1.54) is 0 Å². The molecule has 1 aromatic rings. The Morgan fingerprint density at radius 3 is 2.94 bits per heavy atom. The van der Waals surface area contributed by atoms with E-state index in [2.05, 4.69) is 10.0 Å². The Balaban J connectivity index is 2.15. The van der Waals surface area contributed by atoms with Crippen LogP contribution in [0.4, 0.5) is 0 Å². The third-order valence-corrected chi connectivity index (χ3v) is 2.35. The fourth-order valence-corrected chi connectivity index (χ4v) is 1.52. The number of ether oxygens (including phenoxy) is 2. The Labute approximate surface area is 92.0 Å². The van der Waals surface area contributed by atoms with Gasteiger partial charge in [-0.1, -0.05) is 17.2 Å². The number of hydrogen-bond acceptors (Lipinski definition) is 4. The van der Waals surface area contributed by atoms with Crippen LogP contribution in [0.1, 0.15) is 0 Å². The number of azide groups is 1. The first-order valence-electron chi connectivity index (χ1n) is 4.88. The van der Waals surface area contributed by atoms with Crippen molar-refractivity contribution in [2.24, 2.45) is 5.11 Å². The van der Waals surface area contributed by atoms with Gasteiger partial charge in [0.25, 0.3) is 0 Å². The van der Waals surface area contributed by atoms with Gasteiger partial charge < -0.3 is 14.6 Å². The van der Waals surface area contributed by atoms with E-state index in [0.717, 1.165) is 0 Å². The molecule has 0 bridgehead atoms. The Hall–Kier alpha value is -1.91. The van der Waals surface area contributed by atoms with Crippen molar-refractivity contribution in [3.63, 3.8) is 0 Å². The molecule has 0 spiro atoms. The molecule has 6 heteroatoms. The van der Waals surface area contributed by atoms with Crippen molar-refractivity contribution < 1.29 is 14.6 Å². The van der Waals surface area contributed by atoms with Crippen LogP contribution in [0.2, 0.25) is 0 Å². The molecule has 1 N–H and O–H groups in total. The van der Waals surface area contributed by atoms with Crippen molar-refractivity contribution in [1.29, 1.82) is 0 Å². The molecule has 1 heterocycles. The lowest BCUT2D eigenvalue weighted by Crippen LogP contribution is -2.40. The monoisotopic (exact) mass is 221 g/mol. The second-order valence-electron chi connectivity index (χ2n) is 3.37. The lowest BCUT2D eigenvalue weighted by atomic mass is 10.1. The first kappa shape index (κ1) is 10.6. The van der Waals surface area contributed by atoms with E-state index in [0.29, 0.717) is 11.5 Å². The lowest BCUT2D eigenvalue weighted by Gasteiger charge is -2.29. The third-order valence-electron chi connectivity index (χ3n) is 2.35. The van der Waals surface area contributed by atoms with E-state index in [1.54, 1.807) is 12.1 Å². The molecule has 2 atom stereocenters. The van der Waals surface area contributed by atoms with Gasteiger partial charge in [-0.25, -0.2) is 0 Å². The van der Waals surface area contributed by atoms with E-state index in [1.807, 2.05) is 12.1 Å². The standard InChI is InChI=1S/C10H11N3O3/c11-13-12-7(5-14)10-6-15-8-3-1-2-4-9(8)16-10/h1-4,7,10,14H,5-6H2. The molecule has 1 aromatic carbocycles. The molecule has 1 aliphatic rings. The summed E-state index contributed by atoms with van der Waals surface area (Å²) in [5, 5.41) is 12.5. The summed E-state index contributed by atoms with van der Waals surface area (Å²) in [5.74, 6) is 1.27. The highest BCUT2D eigenvalue weighted by Gasteiger charge is 2.27. The fraction of sp³-hybridized carbons (Fsp3) is 0.400. The van der Waals surface area contributed by atoms with Crippen molar-refractivity contribution in [1.82, 2.24) is 0 Å². The van der Waals surface area contributed by atoms with Gasteiger partial charge in [-0.2, -0.15) is 0 Å². The summed E-state index contributed by atoms with van der Waals surface area (Å²) in [4.78, 5) is 2.67. The first-order chi connectivity index (χ1) is 7.85. The highest BCUT2D eigenvalue weighted by Crippen LogP contribution is 2.31. The average molecular weight is 221 g/mol. The molecule has 16 heavy (non-hydrogen) atoms. The summed E-state index contributed by atoms with van der Waals surface area (Å²) in [6, 6.07) is 6.61. The zero-order valence-corrected chi connectivity index (χ0v) is 8.48. The molecule has 0 fully saturated rings. The summed E-state index contributed by atoms with van der Waals surface area (Å²) in [5.41, 5.74) is 8.34. The average Bonchev–Trinajstić information content (AvgIpc) is 2.35. The van der Waals surface area contributed by atoms with Gasteiger partial charge in [0.1, 0.15) is 18.8 Å². The molecule has 0 amide bonds. The minimum Gasteiger partial charge on any atom is -0.486 e. The zero-order valence-electron chi connectivity index (χ0n) is 8.48. The lowest BCUT2D eigenvalue weighted by molar-refractivity contribution is 0.0549. The van der Waals surface area contributed by atoms with Crippen LogP contribution in [0.25, 0.3) is 10.4 Å². The van der Waals surface area contributed by atoms with E-state index >= 15 is 0 Å². The molecule has 2 rings (SSSR count). The third kappa shape index (κ3) is 2.03. The summed E-state index contributed by atoms with van der Waals surface area (Å²) in [6.45, 7) is 0.00150. The number of nitrogens with zero attached hydrogens (tertiary/aromatic N) is 3. The van der Waals surface area contributed by atoms with Crippen molar-refractivity contribution in [2.75, 3.05) is 13.2 Å². The molecule has 0 radical (unpaired) electrons. The normalized spacial score (nSPS) is 19.7. The number of benzene rings is 1. The molecule has 1 aliphatic heterocycles. The van der Waals surface area contributed by atoms with Crippen LogP contribution >= 0.6 is 0 Å². The van der Waals surface area contributed by atoms with Crippen LogP contribution in [0.15, 0.2) is 29.4 Å². The maximum atomic E-state index is 9.06. The van der Waals surface area contributed by atoms with Gasteiger partial charge >= 0.3 is 0 Å². The quantitative estimate of drug-likeness (QED) is 0.476. The van der Waals surface area contributed by atoms with Gasteiger partial charge in [0.15, 0.2) is 11.5 Å². The predicted molar refractivity (Wildman–Crippen MR) is 56.4 cm³/mol. The molecule has 0 aromatic heterocycles. The van der Waals surface area contributed by atoms with Gasteiger partial charge in [0.05, 0.1) is 6.61 Å². The highest BCUT2D eigenvalue weighted by molar-refractivity contribution is 5.40. The molecule has 6 nitrogen and oxygen atoms in total. The summed E-state index contributed by atoms with van der Waals surface area (Å²) in [7, 11) is 0. The van der Waals surface area contributed by atoms with Crippen LogP contribution in [-0.4, -0.2) is 30.5 Å². The van der Waals surface area contributed by atoms with Crippen LogP contribution in [0.5, 0.6) is 11.5 Å². The number of aliphatic hydroxyl groups is 1. The molecular formula is C10H11N3O3. The largest absolute Gasteiger partial charge is 0.486 e. The number of rotatable bonds is 3. The minimum absolute atomic E-state index is 0.264. The maximum Gasteiger partial charge on any atom is 0.161 e. The number of para-hydroxylation sites is 2. The smallest absolute Gasteiger partial charge is 0.161 e. The van der Waals surface area contributed by atoms with Crippen LogP contribution in [0.3, 0.4) is 0 Å². The Morgan fingerprint density at radius 2 is 2.25 bits per heavy atom. The number of fused-ring (bicyclic) bond motifs is 1. The summed E-state index contributed by atoms with van der Waals surface area (Å²) >= 11 is 0. The van der Waals surface area contributed by atoms with Crippen molar-refractivity contribution in [3.05, 3.63) is 34.7 Å². The maximum absolute atomic E-state index is 9.06. The van der Waals surface area contributed by atoms with Crippen LogP contribution < -0.4 is 9.47 Å². The molecular weight excluding hydrogens is 210 g/mol. The Morgan fingerprint density at radius 1 is 1.50 bits per heavy atom.